The van der Waals surface area contributed by atoms with Gasteiger partial charge in [0.2, 0.25) is 0 Å². The zero-order valence-electron chi connectivity index (χ0n) is 35.1. The Morgan fingerprint density at radius 2 is 1.09 bits per heavy atom. The summed E-state index contributed by atoms with van der Waals surface area (Å²) < 4.78 is 53.9. The van der Waals surface area contributed by atoms with Crippen LogP contribution in [0.1, 0.15) is 142 Å². The van der Waals surface area contributed by atoms with E-state index >= 15 is 0 Å². The molecule has 6 atom stereocenters. The van der Waals surface area contributed by atoms with Crippen molar-refractivity contribution in [3.63, 3.8) is 0 Å². The quantitative estimate of drug-likeness (QED) is 0.0210. The molecule has 0 spiro atoms. The standard InChI is InChI=1S/C45H74O12S/c1-3-5-7-9-11-13-15-17-19-21-23-25-27-29-31-33-40(46)54-35-38(36-55-45-44(50)43(49)42(48)39(57-45)37-58(51,52)53)56-41(47)34-32-30-28-26-24-22-20-18-16-14-12-10-8-6-4-2/h5,7,11-14,17-20,24,26,38-39,42-45,48-50H,3-4,6,8-10,15-16,21-23,25,27-37H2,1-2H3,(H,51,52,53)/b7-5+,13-11+,14-12+,19-17+,20-18+,26-24+/t38-,39-,42-,43?,44?,45+/m1/s1. The number of rotatable bonds is 34. The molecule has 1 fully saturated rings. The largest absolute Gasteiger partial charge is 0.462 e. The van der Waals surface area contributed by atoms with Gasteiger partial charge in [0.1, 0.15) is 36.8 Å². The van der Waals surface area contributed by atoms with Crippen LogP contribution in [0.5, 0.6) is 0 Å². The van der Waals surface area contributed by atoms with Crippen LogP contribution in [-0.4, -0.2) is 96.0 Å². The smallest absolute Gasteiger partial charge is 0.306 e. The Hall–Kier alpha value is -2.91. The lowest BCUT2D eigenvalue weighted by Gasteiger charge is -2.40. The predicted octanol–water partition coefficient (Wildman–Crippen LogP) is 8.33. The molecule has 13 heteroatoms. The van der Waals surface area contributed by atoms with Gasteiger partial charge in [0.15, 0.2) is 12.4 Å². The fraction of sp³-hybridized carbons (Fsp3) is 0.689. The topological polar surface area (TPSA) is 186 Å². The van der Waals surface area contributed by atoms with E-state index in [2.05, 4.69) is 86.8 Å². The molecule has 4 N–H and O–H groups in total. The van der Waals surface area contributed by atoms with E-state index in [1.807, 2.05) is 0 Å². The number of carbonyl (C=O) groups is 2. The van der Waals surface area contributed by atoms with E-state index in [0.717, 1.165) is 83.5 Å². The minimum atomic E-state index is -4.61. The first kappa shape index (κ1) is 53.1. The first-order valence-corrected chi connectivity index (χ1v) is 23.1. The van der Waals surface area contributed by atoms with Gasteiger partial charge in [-0.3, -0.25) is 14.1 Å². The fourth-order valence-corrected chi connectivity index (χ4v) is 6.62. The van der Waals surface area contributed by atoms with Crippen LogP contribution in [-0.2, 0) is 38.7 Å². The van der Waals surface area contributed by atoms with Gasteiger partial charge >= 0.3 is 11.9 Å². The lowest BCUT2D eigenvalue weighted by Crippen LogP contribution is -2.60. The second kappa shape index (κ2) is 34.9. The summed E-state index contributed by atoms with van der Waals surface area (Å²) in [5.41, 5.74) is 0. The Kier molecular flexibility index (Phi) is 32.0. The maximum atomic E-state index is 12.8. The molecule has 1 saturated heterocycles. The second-order valence-corrected chi connectivity index (χ2v) is 16.1. The summed E-state index contributed by atoms with van der Waals surface area (Å²) in [6, 6.07) is 0. The van der Waals surface area contributed by atoms with Crippen molar-refractivity contribution < 1.29 is 56.8 Å². The number of hydrogen-bond donors (Lipinski definition) is 4. The molecule has 0 radical (unpaired) electrons. The SMILES string of the molecule is CC/C=C/C/C=C/C/C=C/CCCCCCCC(=O)OC[C@H](CO[C@H]1O[C@H](CS(=O)(=O)O)[C@@H](O)C(O)C1O)OC(=O)CCCC/C=C/C/C=C/C/C=C/CCCCC. The maximum Gasteiger partial charge on any atom is 0.306 e. The van der Waals surface area contributed by atoms with E-state index in [4.69, 9.17) is 18.9 Å². The molecule has 0 aromatic carbocycles. The third-order valence-corrected chi connectivity index (χ3v) is 10.0. The van der Waals surface area contributed by atoms with Crippen molar-refractivity contribution >= 4 is 22.1 Å². The first-order valence-electron chi connectivity index (χ1n) is 21.5. The number of aliphatic hydroxyl groups excluding tert-OH is 3. The first-order chi connectivity index (χ1) is 28.0. The zero-order chi connectivity index (χ0) is 42.7. The van der Waals surface area contributed by atoms with Gasteiger partial charge in [-0.2, -0.15) is 8.42 Å². The molecule has 1 rings (SSSR count). The Labute approximate surface area is 348 Å². The van der Waals surface area contributed by atoms with Crippen molar-refractivity contribution in [2.24, 2.45) is 0 Å². The van der Waals surface area contributed by atoms with E-state index in [9.17, 15) is 37.9 Å². The van der Waals surface area contributed by atoms with Gasteiger partial charge in [-0.05, 0) is 83.5 Å². The van der Waals surface area contributed by atoms with E-state index < -0.39 is 71.2 Å². The molecule has 2 unspecified atom stereocenters. The number of carbonyl (C=O) groups excluding carboxylic acids is 2. The third kappa shape index (κ3) is 29.3. The Bertz CT molecular complexity index is 1350. The van der Waals surface area contributed by atoms with Gasteiger partial charge in [-0.1, -0.05) is 119 Å². The van der Waals surface area contributed by atoms with Gasteiger partial charge < -0.3 is 34.3 Å². The molecular formula is C45H74O12S. The lowest BCUT2D eigenvalue weighted by molar-refractivity contribution is -0.297. The van der Waals surface area contributed by atoms with Gasteiger partial charge in [-0.15, -0.1) is 0 Å². The maximum absolute atomic E-state index is 12.8. The third-order valence-electron chi connectivity index (χ3n) is 9.27. The zero-order valence-corrected chi connectivity index (χ0v) is 35.9. The van der Waals surface area contributed by atoms with Crippen LogP contribution in [0, 0.1) is 0 Å². The number of aliphatic hydroxyl groups is 3. The summed E-state index contributed by atoms with van der Waals surface area (Å²) in [5, 5.41) is 30.8. The van der Waals surface area contributed by atoms with Crippen LogP contribution in [0.3, 0.4) is 0 Å². The summed E-state index contributed by atoms with van der Waals surface area (Å²) in [5.74, 6) is -2.07. The highest BCUT2D eigenvalue weighted by Gasteiger charge is 2.46. The normalized spacial score (nSPS) is 21.1. The van der Waals surface area contributed by atoms with Crippen molar-refractivity contribution in [1.29, 1.82) is 0 Å². The monoisotopic (exact) mass is 838 g/mol. The van der Waals surface area contributed by atoms with Crippen molar-refractivity contribution in [3.05, 3.63) is 72.9 Å². The molecule has 0 bridgehead atoms. The van der Waals surface area contributed by atoms with Gasteiger partial charge in [0, 0.05) is 12.8 Å². The molecule has 0 aromatic rings. The molecule has 0 amide bonds. The van der Waals surface area contributed by atoms with E-state index in [0.29, 0.717) is 12.8 Å². The number of esters is 2. The Morgan fingerprint density at radius 3 is 1.66 bits per heavy atom. The highest BCUT2D eigenvalue weighted by Crippen LogP contribution is 2.24. The van der Waals surface area contributed by atoms with Crippen LogP contribution in [0.2, 0.25) is 0 Å². The number of ether oxygens (including phenoxy) is 4. The van der Waals surface area contributed by atoms with E-state index in [-0.39, 0.29) is 19.4 Å². The van der Waals surface area contributed by atoms with Crippen molar-refractivity contribution in [2.45, 2.75) is 179 Å². The van der Waals surface area contributed by atoms with Gasteiger partial charge in [-0.25, -0.2) is 0 Å². The number of hydrogen-bond acceptors (Lipinski definition) is 11. The fourth-order valence-electron chi connectivity index (χ4n) is 5.93. The highest BCUT2D eigenvalue weighted by molar-refractivity contribution is 7.85. The average Bonchev–Trinajstić information content (AvgIpc) is 3.18. The molecular weight excluding hydrogens is 765 g/mol. The van der Waals surface area contributed by atoms with Crippen LogP contribution >= 0.6 is 0 Å². The molecule has 0 aromatic heterocycles. The van der Waals surface area contributed by atoms with E-state index in [1.54, 1.807) is 0 Å². The van der Waals surface area contributed by atoms with Gasteiger partial charge in [0.25, 0.3) is 10.1 Å². The molecule has 12 nitrogen and oxygen atoms in total. The summed E-state index contributed by atoms with van der Waals surface area (Å²) in [6.45, 7) is 3.55. The van der Waals surface area contributed by atoms with Crippen LogP contribution in [0.15, 0.2) is 72.9 Å². The molecule has 332 valence electrons. The summed E-state index contributed by atoms with van der Waals surface area (Å²) >= 11 is 0. The average molecular weight is 839 g/mol. The van der Waals surface area contributed by atoms with Crippen LogP contribution in [0.4, 0.5) is 0 Å². The van der Waals surface area contributed by atoms with Crippen molar-refractivity contribution in [3.8, 4) is 0 Å². The Morgan fingerprint density at radius 1 is 0.603 bits per heavy atom. The molecule has 0 aliphatic carbocycles. The minimum absolute atomic E-state index is 0.108. The second-order valence-electron chi connectivity index (χ2n) is 14.6. The number of allylic oxidation sites excluding steroid dienone is 12. The van der Waals surface area contributed by atoms with E-state index in [1.165, 1.54) is 19.3 Å². The minimum Gasteiger partial charge on any atom is -0.462 e. The molecule has 1 aliphatic rings. The van der Waals surface area contributed by atoms with Gasteiger partial charge in [0.05, 0.1) is 6.61 Å². The van der Waals surface area contributed by atoms with Crippen LogP contribution in [0.25, 0.3) is 0 Å². The highest BCUT2D eigenvalue weighted by atomic mass is 32.2. The number of unbranched alkanes of at least 4 members (excludes halogenated alkanes) is 10. The predicted molar refractivity (Wildman–Crippen MR) is 228 cm³/mol. The summed E-state index contributed by atoms with van der Waals surface area (Å²) in [6.07, 6.45) is 33.8. The summed E-state index contributed by atoms with van der Waals surface area (Å²) in [7, 11) is -4.61. The van der Waals surface area contributed by atoms with Crippen molar-refractivity contribution in [1.82, 2.24) is 0 Å². The summed E-state index contributed by atoms with van der Waals surface area (Å²) in [4.78, 5) is 25.3. The Balaban J connectivity index is 2.52. The molecule has 1 aliphatic heterocycles. The lowest BCUT2D eigenvalue weighted by atomic mass is 10.00. The van der Waals surface area contributed by atoms with Crippen LogP contribution < -0.4 is 0 Å². The molecule has 58 heavy (non-hydrogen) atoms. The molecule has 0 saturated carbocycles. The van der Waals surface area contributed by atoms with Crippen molar-refractivity contribution in [2.75, 3.05) is 19.0 Å². The molecule has 1 heterocycles.